The van der Waals surface area contributed by atoms with E-state index in [1.54, 1.807) is 13.1 Å². The number of para-hydroxylation sites is 1. The molecule has 3 rings (SSSR count). The molecule has 3 aromatic rings. The van der Waals surface area contributed by atoms with Crippen molar-refractivity contribution < 1.29 is 17.2 Å². The van der Waals surface area contributed by atoms with E-state index in [2.05, 4.69) is 15.0 Å². The van der Waals surface area contributed by atoms with Gasteiger partial charge in [-0.15, -0.1) is 0 Å². The molecule has 0 amide bonds. The zero-order valence-electron chi connectivity index (χ0n) is 14.7. The number of hydrogen-bond acceptors (Lipinski definition) is 4. The van der Waals surface area contributed by atoms with E-state index in [1.165, 1.54) is 0 Å². The van der Waals surface area contributed by atoms with Gasteiger partial charge in [-0.2, -0.15) is 0 Å². The van der Waals surface area contributed by atoms with Crippen molar-refractivity contribution in [3.63, 3.8) is 0 Å². The van der Waals surface area contributed by atoms with Crippen molar-refractivity contribution in [3.8, 4) is 0 Å². The minimum atomic E-state index is -3.67. The van der Waals surface area contributed by atoms with Crippen LogP contribution in [0, 0.1) is 11.6 Å². The molecule has 0 aliphatic carbocycles. The topological polar surface area (TPSA) is 71.1 Å². The molecular formula is C19H19F2N3O2S. The van der Waals surface area contributed by atoms with E-state index in [9.17, 15) is 17.2 Å². The van der Waals surface area contributed by atoms with Crippen LogP contribution in [0.2, 0.25) is 0 Å². The van der Waals surface area contributed by atoms with E-state index in [4.69, 9.17) is 0 Å². The fraction of sp³-hybridized carbons (Fsp3) is 0.211. The first-order chi connectivity index (χ1) is 12.9. The van der Waals surface area contributed by atoms with Crippen LogP contribution in [-0.4, -0.2) is 19.2 Å². The number of pyridine rings is 1. The Hall–Kier alpha value is -2.74. The van der Waals surface area contributed by atoms with Crippen LogP contribution < -0.4 is 10.0 Å². The van der Waals surface area contributed by atoms with Gasteiger partial charge in [-0.25, -0.2) is 17.2 Å². The van der Waals surface area contributed by atoms with Crippen LogP contribution >= 0.6 is 0 Å². The van der Waals surface area contributed by atoms with Gasteiger partial charge in [0.15, 0.2) is 5.82 Å². The fourth-order valence-electron chi connectivity index (χ4n) is 2.68. The Labute approximate surface area is 156 Å². The number of halogens is 2. The summed E-state index contributed by atoms with van der Waals surface area (Å²) in [6, 6.07) is 11.5. The predicted octanol–water partition coefficient (Wildman–Crippen LogP) is 4.28. The summed E-state index contributed by atoms with van der Waals surface area (Å²) in [5.41, 5.74) is 0.898. The summed E-state index contributed by atoms with van der Waals surface area (Å²) < 4.78 is 54.6. The van der Waals surface area contributed by atoms with Gasteiger partial charge in [-0.1, -0.05) is 25.1 Å². The smallest absolute Gasteiger partial charge is 0.232 e. The van der Waals surface area contributed by atoms with E-state index >= 15 is 0 Å². The second-order valence-electron chi connectivity index (χ2n) is 6.08. The lowest BCUT2D eigenvalue weighted by molar-refractivity contribution is 0.561. The van der Waals surface area contributed by atoms with Gasteiger partial charge in [-0.3, -0.25) is 9.71 Å². The minimum absolute atomic E-state index is 0.139. The SMILES string of the molecule is CCCS(=O)(=O)Nc1ccc(F)c(CNc2cnc3ccccc3c2)c1F. The van der Waals surface area contributed by atoms with Crippen molar-refractivity contribution in [1.82, 2.24) is 4.98 Å². The molecule has 0 bridgehead atoms. The molecule has 8 heteroatoms. The van der Waals surface area contributed by atoms with Crippen molar-refractivity contribution in [3.05, 3.63) is 65.9 Å². The van der Waals surface area contributed by atoms with Crippen molar-refractivity contribution in [2.45, 2.75) is 19.9 Å². The first kappa shape index (κ1) is 19.0. The van der Waals surface area contributed by atoms with Crippen molar-refractivity contribution in [2.75, 3.05) is 15.8 Å². The lowest BCUT2D eigenvalue weighted by Crippen LogP contribution is -2.18. The highest BCUT2D eigenvalue weighted by atomic mass is 32.2. The van der Waals surface area contributed by atoms with E-state index in [0.29, 0.717) is 12.1 Å². The third kappa shape index (κ3) is 4.51. The molecule has 0 atom stereocenters. The second-order valence-corrected chi connectivity index (χ2v) is 7.92. The van der Waals surface area contributed by atoms with Crippen LogP contribution in [0.15, 0.2) is 48.7 Å². The van der Waals surface area contributed by atoms with Crippen molar-refractivity contribution >= 4 is 32.3 Å². The van der Waals surface area contributed by atoms with Crippen LogP contribution in [0.3, 0.4) is 0 Å². The maximum atomic E-state index is 14.6. The molecule has 0 aliphatic rings. The second kappa shape index (κ2) is 7.87. The summed E-state index contributed by atoms with van der Waals surface area (Å²) >= 11 is 0. The molecule has 27 heavy (non-hydrogen) atoms. The highest BCUT2D eigenvalue weighted by Crippen LogP contribution is 2.24. The Morgan fingerprint density at radius 3 is 2.67 bits per heavy atom. The number of nitrogens with one attached hydrogen (secondary N) is 2. The number of sulfonamides is 1. The fourth-order valence-corrected chi connectivity index (χ4v) is 3.82. The van der Waals surface area contributed by atoms with Gasteiger partial charge in [0.05, 0.1) is 28.8 Å². The molecule has 2 aromatic carbocycles. The van der Waals surface area contributed by atoms with Crippen LogP contribution in [0.5, 0.6) is 0 Å². The molecule has 0 saturated heterocycles. The number of nitrogens with zero attached hydrogens (tertiary/aromatic N) is 1. The highest BCUT2D eigenvalue weighted by Gasteiger charge is 2.17. The predicted molar refractivity (Wildman–Crippen MR) is 103 cm³/mol. The number of benzene rings is 2. The van der Waals surface area contributed by atoms with Crippen LogP contribution in [-0.2, 0) is 16.6 Å². The van der Waals surface area contributed by atoms with Gasteiger partial charge in [0.2, 0.25) is 10.0 Å². The van der Waals surface area contributed by atoms with E-state index in [-0.39, 0.29) is 23.5 Å². The van der Waals surface area contributed by atoms with Gasteiger partial charge in [0, 0.05) is 17.5 Å². The molecule has 2 N–H and O–H groups in total. The van der Waals surface area contributed by atoms with Crippen LogP contribution in [0.4, 0.5) is 20.2 Å². The van der Waals surface area contributed by atoms with Gasteiger partial charge in [0.1, 0.15) is 5.82 Å². The summed E-state index contributed by atoms with van der Waals surface area (Å²) in [6.45, 7) is 1.55. The first-order valence-corrected chi connectivity index (χ1v) is 10.1. The average Bonchev–Trinajstić information content (AvgIpc) is 2.64. The molecule has 0 saturated carbocycles. The Morgan fingerprint density at radius 2 is 1.89 bits per heavy atom. The Bertz CT molecular complexity index is 1070. The average molecular weight is 391 g/mol. The lowest BCUT2D eigenvalue weighted by Gasteiger charge is -2.13. The largest absolute Gasteiger partial charge is 0.379 e. The standard InChI is InChI=1S/C19H19F2N3O2S/c1-2-9-27(25,26)24-18-8-7-16(20)15(19(18)21)12-22-14-10-13-5-3-4-6-17(13)23-11-14/h3-8,10-11,22,24H,2,9,12H2,1H3. The summed E-state index contributed by atoms with van der Waals surface area (Å²) in [4.78, 5) is 4.28. The van der Waals surface area contributed by atoms with Crippen LogP contribution in [0.1, 0.15) is 18.9 Å². The maximum Gasteiger partial charge on any atom is 0.232 e. The summed E-state index contributed by atoms with van der Waals surface area (Å²) in [5.74, 6) is -1.83. The molecular weight excluding hydrogens is 372 g/mol. The Balaban J connectivity index is 1.82. The molecule has 0 radical (unpaired) electrons. The summed E-state index contributed by atoms with van der Waals surface area (Å²) in [7, 11) is -3.67. The third-order valence-corrected chi connectivity index (χ3v) is 5.46. The molecule has 1 aromatic heterocycles. The number of aromatic nitrogens is 1. The highest BCUT2D eigenvalue weighted by molar-refractivity contribution is 7.92. The van der Waals surface area contributed by atoms with Crippen LogP contribution in [0.25, 0.3) is 10.9 Å². The molecule has 1 heterocycles. The normalized spacial score (nSPS) is 11.5. The van der Waals surface area contributed by atoms with E-state index in [1.807, 2.05) is 30.3 Å². The van der Waals surface area contributed by atoms with Gasteiger partial charge in [-0.05, 0) is 30.7 Å². The number of rotatable bonds is 7. The van der Waals surface area contributed by atoms with Gasteiger partial charge in [0.25, 0.3) is 0 Å². The molecule has 0 spiro atoms. The molecule has 0 fully saturated rings. The Morgan fingerprint density at radius 1 is 1.11 bits per heavy atom. The monoisotopic (exact) mass is 391 g/mol. The van der Waals surface area contributed by atoms with Crippen molar-refractivity contribution in [1.29, 1.82) is 0 Å². The maximum absolute atomic E-state index is 14.6. The molecule has 0 unspecified atom stereocenters. The summed E-state index contributed by atoms with van der Waals surface area (Å²) in [5, 5.41) is 3.82. The summed E-state index contributed by atoms with van der Waals surface area (Å²) in [6.07, 6.45) is 1.97. The lowest BCUT2D eigenvalue weighted by atomic mass is 10.1. The van der Waals surface area contributed by atoms with Gasteiger partial charge < -0.3 is 5.32 Å². The van der Waals surface area contributed by atoms with Gasteiger partial charge >= 0.3 is 0 Å². The third-order valence-electron chi connectivity index (χ3n) is 3.98. The molecule has 142 valence electrons. The minimum Gasteiger partial charge on any atom is -0.379 e. The zero-order valence-corrected chi connectivity index (χ0v) is 15.5. The zero-order chi connectivity index (χ0) is 19.4. The van der Waals surface area contributed by atoms with E-state index in [0.717, 1.165) is 23.0 Å². The van der Waals surface area contributed by atoms with Crippen molar-refractivity contribution in [2.24, 2.45) is 0 Å². The molecule has 5 nitrogen and oxygen atoms in total. The molecule has 0 aliphatic heterocycles. The Kier molecular flexibility index (Phi) is 5.55. The first-order valence-electron chi connectivity index (χ1n) is 8.45. The van der Waals surface area contributed by atoms with E-state index < -0.39 is 21.7 Å². The number of fused-ring (bicyclic) bond motifs is 1. The number of anilines is 2. The quantitative estimate of drug-likeness (QED) is 0.631. The number of hydrogen-bond donors (Lipinski definition) is 2.